The van der Waals surface area contributed by atoms with Crippen LogP contribution in [0.2, 0.25) is 0 Å². The SMILES string of the molecule is Cc1ccc(N2CCCN(C(=O)NC(CN3CCN(C)CC3)c3ccccc3)CC2)cc1. The number of benzene rings is 2. The molecule has 0 aromatic heterocycles. The lowest BCUT2D eigenvalue weighted by atomic mass is 10.1. The van der Waals surface area contributed by atoms with Crippen LogP contribution in [0.3, 0.4) is 0 Å². The van der Waals surface area contributed by atoms with E-state index in [1.54, 1.807) is 0 Å². The molecule has 2 aromatic carbocycles. The molecule has 2 aromatic rings. The molecule has 0 bridgehead atoms. The Labute approximate surface area is 192 Å². The van der Waals surface area contributed by atoms with Gasteiger partial charge in [0.15, 0.2) is 0 Å². The van der Waals surface area contributed by atoms with Gasteiger partial charge in [0.2, 0.25) is 0 Å². The minimum atomic E-state index is 0.00330. The number of amides is 2. The van der Waals surface area contributed by atoms with E-state index in [-0.39, 0.29) is 12.1 Å². The maximum Gasteiger partial charge on any atom is 0.317 e. The zero-order valence-electron chi connectivity index (χ0n) is 19.5. The molecule has 6 heteroatoms. The van der Waals surface area contributed by atoms with E-state index in [9.17, 15) is 4.79 Å². The van der Waals surface area contributed by atoms with Gasteiger partial charge in [0, 0.05) is 64.6 Å². The highest BCUT2D eigenvalue weighted by atomic mass is 16.2. The fourth-order valence-electron chi connectivity index (χ4n) is 4.58. The Morgan fingerprint density at radius 3 is 2.31 bits per heavy atom. The first-order valence-electron chi connectivity index (χ1n) is 11.9. The largest absolute Gasteiger partial charge is 0.370 e. The first-order valence-corrected chi connectivity index (χ1v) is 11.9. The number of nitrogens with one attached hydrogen (secondary N) is 1. The van der Waals surface area contributed by atoms with Crippen molar-refractivity contribution in [2.45, 2.75) is 19.4 Å². The number of hydrogen-bond donors (Lipinski definition) is 1. The van der Waals surface area contributed by atoms with Crippen LogP contribution in [-0.4, -0.2) is 86.7 Å². The van der Waals surface area contributed by atoms with E-state index in [1.165, 1.54) is 16.8 Å². The summed E-state index contributed by atoms with van der Waals surface area (Å²) in [6.45, 7) is 10.6. The van der Waals surface area contributed by atoms with Crippen LogP contribution >= 0.6 is 0 Å². The van der Waals surface area contributed by atoms with E-state index in [4.69, 9.17) is 0 Å². The van der Waals surface area contributed by atoms with Gasteiger partial charge in [0.05, 0.1) is 6.04 Å². The van der Waals surface area contributed by atoms with E-state index in [0.29, 0.717) is 0 Å². The van der Waals surface area contributed by atoms with Gasteiger partial charge < -0.3 is 20.0 Å². The highest BCUT2D eigenvalue weighted by Gasteiger charge is 2.25. The normalized spacial score (nSPS) is 19.4. The van der Waals surface area contributed by atoms with Crippen molar-refractivity contribution >= 4 is 11.7 Å². The number of anilines is 1. The van der Waals surface area contributed by atoms with Gasteiger partial charge in [0.25, 0.3) is 0 Å². The second-order valence-electron chi connectivity index (χ2n) is 9.18. The highest BCUT2D eigenvalue weighted by molar-refractivity contribution is 5.75. The first-order chi connectivity index (χ1) is 15.6. The van der Waals surface area contributed by atoms with Crippen LogP contribution in [-0.2, 0) is 0 Å². The summed E-state index contributed by atoms with van der Waals surface area (Å²) in [6.07, 6.45) is 0.982. The van der Waals surface area contributed by atoms with Crippen molar-refractivity contribution in [2.24, 2.45) is 0 Å². The highest BCUT2D eigenvalue weighted by Crippen LogP contribution is 2.19. The number of rotatable bonds is 5. The van der Waals surface area contributed by atoms with Gasteiger partial charge in [-0.05, 0) is 38.1 Å². The topological polar surface area (TPSA) is 42.1 Å². The summed E-state index contributed by atoms with van der Waals surface area (Å²) in [5.74, 6) is 0. The molecule has 6 nitrogen and oxygen atoms in total. The van der Waals surface area contributed by atoms with Gasteiger partial charge in [-0.2, -0.15) is 0 Å². The Bertz CT molecular complexity index is 848. The summed E-state index contributed by atoms with van der Waals surface area (Å²) in [7, 11) is 2.17. The van der Waals surface area contributed by atoms with E-state index < -0.39 is 0 Å². The molecule has 2 saturated heterocycles. The van der Waals surface area contributed by atoms with E-state index in [2.05, 4.69) is 82.5 Å². The molecule has 1 N–H and O–H groups in total. The molecule has 0 saturated carbocycles. The van der Waals surface area contributed by atoms with Gasteiger partial charge in [-0.1, -0.05) is 48.0 Å². The van der Waals surface area contributed by atoms with Crippen LogP contribution in [0.1, 0.15) is 23.6 Å². The summed E-state index contributed by atoms with van der Waals surface area (Å²) in [5.41, 5.74) is 3.70. The molecule has 1 unspecified atom stereocenters. The smallest absolute Gasteiger partial charge is 0.317 e. The predicted octanol–water partition coefficient (Wildman–Crippen LogP) is 3.21. The Kier molecular flexibility index (Phi) is 7.66. The van der Waals surface area contributed by atoms with Gasteiger partial charge in [-0.25, -0.2) is 4.79 Å². The molecule has 172 valence electrons. The van der Waals surface area contributed by atoms with Crippen molar-refractivity contribution in [2.75, 3.05) is 70.9 Å². The zero-order chi connectivity index (χ0) is 22.3. The van der Waals surface area contributed by atoms with Crippen LogP contribution in [0.4, 0.5) is 10.5 Å². The molecular weight excluding hydrogens is 398 g/mol. The molecule has 0 aliphatic carbocycles. The first kappa shape index (κ1) is 22.6. The molecule has 0 spiro atoms. The lowest BCUT2D eigenvalue weighted by Crippen LogP contribution is -2.50. The Balaban J connectivity index is 1.38. The number of carbonyl (C=O) groups excluding carboxylic acids is 1. The summed E-state index contributed by atoms with van der Waals surface area (Å²) >= 11 is 0. The van der Waals surface area contributed by atoms with Gasteiger partial charge in [-0.15, -0.1) is 0 Å². The number of nitrogens with zero attached hydrogens (tertiary/aromatic N) is 4. The van der Waals surface area contributed by atoms with Crippen LogP contribution < -0.4 is 10.2 Å². The van der Waals surface area contributed by atoms with Gasteiger partial charge >= 0.3 is 6.03 Å². The standard InChI is InChI=1S/C26H37N5O/c1-22-9-11-24(12-10-22)30-13-6-14-31(20-19-30)26(32)27-25(23-7-4-3-5-8-23)21-29-17-15-28(2)16-18-29/h3-5,7-12,25H,6,13-21H2,1-2H3,(H,27,32). The maximum absolute atomic E-state index is 13.3. The van der Waals surface area contributed by atoms with Crippen molar-refractivity contribution in [3.8, 4) is 0 Å². The Hall–Kier alpha value is -2.57. The van der Waals surface area contributed by atoms with Crippen molar-refractivity contribution in [3.63, 3.8) is 0 Å². The van der Waals surface area contributed by atoms with E-state index >= 15 is 0 Å². The maximum atomic E-state index is 13.3. The molecular formula is C26H37N5O. The molecule has 2 heterocycles. The monoisotopic (exact) mass is 435 g/mol. The van der Waals surface area contributed by atoms with Crippen molar-refractivity contribution in [3.05, 3.63) is 65.7 Å². The second-order valence-corrected chi connectivity index (χ2v) is 9.18. The molecule has 2 fully saturated rings. The van der Waals surface area contributed by atoms with Gasteiger partial charge in [-0.3, -0.25) is 4.90 Å². The van der Waals surface area contributed by atoms with Crippen LogP contribution in [0, 0.1) is 6.92 Å². The average molecular weight is 436 g/mol. The lowest BCUT2D eigenvalue weighted by molar-refractivity contribution is 0.139. The number of carbonyl (C=O) groups is 1. The zero-order valence-corrected chi connectivity index (χ0v) is 19.5. The number of hydrogen-bond acceptors (Lipinski definition) is 4. The van der Waals surface area contributed by atoms with Crippen LogP contribution in [0.25, 0.3) is 0 Å². The number of piperazine rings is 1. The minimum Gasteiger partial charge on any atom is -0.370 e. The average Bonchev–Trinajstić information content (AvgIpc) is 3.08. The fraction of sp³-hybridized carbons (Fsp3) is 0.500. The molecule has 4 rings (SSSR count). The van der Waals surface area contributed by atoms with E-state index in [1.807, 2.05) is 11.0 Å². The molecule has 2 aliphatic heterocycles. The second kappa shape index (κ2) is 10.8. The van der Waals surface area contributed by atoms with Crippen molar-refractivity contribution in [1.29, 1.82) is 0 Å². The number of likely N-dealkylation sites (N-methyl/N-ethyl adjacent to an activating group) is 1. The quantitative estimate of drug-likeness (QED) is 0.783. The number of urea groups is 1. The summed E-state index contributed by atoms with van der Waals surface area (Å²) in [5, 5.41) is 3.36. The molecule has 0 radical (unpaired) electrons. The fourth-order valence-corrected chi connectivity index (χ4v) is 4.58. The van der Waals surface area contributed by atoms with Crippen LogP contribution in [0.15, 0.2) is 54.6 Å². The summed E-state index contributed by atoms with van der Waals surface area (Å²) in [6, 6.07) is 19.2. The van der Waals surface area contributed by atoms with Gasteiger partial charge in [0.1, 0.15) is 0 Å². The third-order valence-corrected chi connectivity index (χ3v) is 6.72. The summed E-state index contributed by atoms with van der Waals surface area (Å²) in [4.78, 5) is 22.5. The lowest BCUT2D eigenvalue weighted by Gasteiger charge is -2.35. The third kappa shape index (κ3) is 6.02. The van der Waals surface area contributed by atoms with Crippen LogP contribution in [0.5, 0.6) is 0 Å². The molecule has 2 amide bonds. The Morgan fingerprint density at radius 1 is 0.875 bits per heavy atom. The summed E-state index contributed by atoms with van der Waals surface area (Å²) < 4.78 is 0. The molecule has 1 atom stereocenters. The predicted molar refractivity (Wildman–Crippen MR) is 131 cm³/mol. The Morgan fingerprint density at radius 2 is 1.59 bits per heavy atom. The molecule has 32 heavy (non-hydrogen) atoms. The third-order valence-electron chi connectivity index (χ3n) is 6.72. The van der Waals surface area contributed by atoms with Crippen molar-refractivity contribution < 1.29 is 4.79 Å². The van der Waals surface area contributed by atoms with Crippen molar-refractivity contribution in [1.82, 2.24) is 20.0 Å². The van der Waals surface area contributed by atoms with E-state index in [0.717, 1.165) is 65.3 Å². The number of aryl methyl sites for hydroxylation is 1. The minimum absolute atomic E-state index is 0.00330. The molecule has 2 aliphatic rings.